The highest BCUT2D eigenvalue weighted by atomic mass is 32.1. The van der Waals surface area contributed by atoms with E-state index in [-0.39, 0.29) is 29.4 Å². The molecule has 2 aromatic carbocycles. The number of hydrogen-bond donors (Lipinski definition) is 3. The third-order valence-electron chi connectivity index (χ3n) is 4.36. The number of nitrogens with zero attached hydrogens (tertiary/aromatic N) is 3. The lowest BCUT2D eigenvalue weighted by Crippen LogP contribution is -2.13. The Bertz CT molecular complexity index is 1220. The summed E-state index contributed by atoms with van der Waals surface area (Å²) in [5.74, 6) is 0.404. The number of anilines is 3. The van der Waals surface area contributed by atoms with Gasteiger partial charge in [0.2, 0.25) is 5.88 Å². The average Bonchev–Trinajstić information content (AvgIpc) is 3.27. The fourth-order valence-corrected chi connectivity index (χ4v) is 3.55. The molecule has 4 rings (SSSR count). The number of nitrogens with one attached hydrogen (secondary N) is 2. The maximum atomic E-state index is 12.6. The van der Waals surface area contributed by atoms with Crippen LogP contribution in [0.3, 0.4) is 0 Å². The van der Waals surface area contributed by atoms with Crippen molar-refractivity contribution in [3.8, 4) is 28.9 Å². The Balaban J connectivity index is 1.43. The molecule has 0 radical (unpaired) electrons. The van der Waals surface area contributed by atoms with Crippen LogP contribution in [0.15, 0.2) is 60.0 Å². The van der Waals surface area contributed by atoms with Crippen molar-refractivity contribution in [2.24, 2.45) is 0 Å². The quantitative estimate of drug-likeness (QED) is 0.382. The molecule has 0 saturated carbocycles. The van der Waals surface area contributed by atoms with Crippen LogP contribution in [0.5, 0.6) is 17.6 Å². The molecule has 32 heavy (non-hydrogen) atoms. The van der Waals surface area contributed by atoms with Gasteiger partial charge >= 0.3 is 6.01 Å². The maximum Gasteiger partial charge on any atom is 0.321 e. The summed E-state index contributed by atoms with van der Waals surface area (Å²) in [6, 6.07) is 15.5. The minimum atomic E-state index is -0.334. The van der Waals surface area contributed by atoms with Crippen molar-refractivity contribution < 1.29 is 19.4 Å². The summed E-state index contributed by atoms with van der Waals surface area (Å²) in [4.78, 5) is 25.2. The second-order valence-corrected chi connectivity index (χ2v) is 7.39. The standard InChI is InChI=1S/C22H19N5O4S/c1-30-19-11-18(26-21(27-19)31-2)25-20(29)13-6-8-15(9-7-13)23-22-24-17(12-32-22)14-4-3-5-16(28)10-14/h3-12,28H,1-2H3,(H,23,24)(H,25,26,27,29). The minimum Gasteiger partial charge on any atom is -0.508 e. The molecule has 0 atom stereocenters. The molecule has 0 aliphatic carbocycles. The monoisotopic (exact) mass is 449 g/mol. The van der Waals surface area contributed by atoms with E-state index in [1.807, 2.05) is 11.4 Å². The first-order chi connectivity index (χ1) is 15.5. The summed E-state index contributed by atoms with van der Waals surface area (Å²) in [6.07, 6.45) is 0. The number of carbonyl (C=O) groups is 1. The highest BCUT2D eigenvalue weighted by Crippen LogP contribution is 2.29. The van der Waals surface area contributed by atoms with Gasteiger partial charge in [-0.05, 0) is 36.4 Å². The number of ether oxygens (including phenoxy) is 2. The summed E-state index contributed by atoms with van der Waals surface area (Å²) in [5.41, 5.74) is 2.83. The first-order valence-corrected chi connectivity index (χ1v) is 10.3. The Morgan fingerprint density at radius 1 is 1.00 bits per heavy atom. The van der Waals surface area contributed by atoms with E-state index in [0.717, 1.165) is 16.9 Å². The van der Waals surface area contributed by atoms with E-state index in [0.29, 0.717) is 10.7 Å². The molecule has 0 fully saturated rings. The lowest BCUT2D eigenvalue weighted by atomic mass is 10.2. The lowest BCUT2D eigenvalue weighted by molar-refractivity contribution is 0.102. The van der Waals surface area contributed by atoms with Crippen molar-refractivity contribution >= 4 is 33.9 Å². The smallest absolute Gasteiger partial charge is 0.321 e. The molecule has 0 bridgehead atoms. The highest BCUT2D eigenvalue weighted by molar-refractivity contribution is 7.14. The fourth-order valence-electron chi connectivity index (χ4n) is 2.81. The molecule has 4 aromatic rings. The third kappa shape index (κ3) is 4.93. The van der Waals surface area contributed by atoms with Crippen LogP contribution in [-0.2, 0) is 0 Å². The molecular formula is C22H19N5O4S. The van der Waals surface area contributed by atoms with Crippen molar-refractivity contribution in [2.75, 3.05) is 24.9 Å². The van der Waals surface area contributed by atoms with E-state index in [2.05, 4.69) is 25.6 Å². The average molecular weight is 449 g/mol. The highest BCUT2D eigenvalue weighted by Gasteiger charge is 2.11. The van der Waals surface area contributed by atoms with Crippen LogP contribution in [0.1, 0.15) is 10.4 Å². The number of phenolic OH excluding ortho intramolecular Hbond substituents is 1. The zero-order valence-electron chi connectivity index (χ0n) is 17.2. The van der Waals surface area contributed by atoms with Gasteiger partial charge in [-0.2, -0.15) is 9.97 Å². The summed E-state index contributed by atoms with van der Waals surface area (Å²) < 4.78 is 10.1. The number of benzene rings is 2. The van der Waals surface area contributed by atoms with E-state index >= 15 is 0 Å². The molecule has 3 N–H and O–H groups in total. The van der Waals surface area contributed by atoms with Crippen LogP contribution in [0.4, 0.5) is 16.6 Å². The Morgan fingerprint density at radius 2 is 1.81 bits per heavy atom. The fraction of sp³-hybridized carbons (Fsp3) is 0.0909. The number of methoxy groups -OCH3 is 2. The summed E-state index contributed by atoms with van der Waals surface area (Å²) in [6.45, 7) is 0. The molecule has 162 valence electrons. The Labute approximate surface area is 187 Å². The van der Waals surface area contributed by atoms with Gasteiger partial charge in [0.25, 0.3) is 5.91 Å². The van der Waals surface area contributed by atoms with Gasteiger partial charge in [-0.3, -0.25) is 4.79 Å². The molecule has 0 aliphatic rings. The predicted octanol–water partition coefficient (Wildman–Crippen LogP) is 4.32. The Kier molecular flexibility index (Phi) is 6.13. The molecule has 2 heterocycles. The van der Waals surface area contributed by atoms with Crippen LogP contribution in [0.2, 0.25) is 0 Å². The molecule has 2 aromatic heterocycles. The SMILES string of the molecule is COc1cc(NC(=O)c2ccc(Nc3nc(-c4cccc(O)c4)cs3)cc2)nc(OC)n1. The zero-order valence-corrected chi connectivity index (χ0v) is 18.0. The molecule has 0 spiro atoms. The van der Waals surface area contributed by atoms with Crippen LogP contribution in [-0.4, -0.2) is 40.2 Å². The van der Waals surface area contributed by atoms with Crippen LogP contribution in [0.25, 0.3) is 11.3 Å². The normalized spacial score (nSPS) is 10.4. The van der Waals surface area contributed by atoms with E-state index in [1.165, 1.54) is 31.6 Å². The third-order valence-corrected chi connectivity index (χ3v) is 5.12. The van der Waals surface area contributed by atoms with Crippen molar-refractivity contribution in [1.29, 1.82) is 0 Å². The number of amides is 1. The maximum absolute atomic E-state index is 12.6. The van der Waals surface area contributed by atoms with Crippen molar-refractivity contribution in [1.82, 2.24) is 15.0 Å². The van der Waals surface area contributed by atoms with Crippen LogP contribution >= 0.6 is 11.3 Å². The van der Waals surface area contributed by atoms with E-state index in [1.54, 1.807) is 42.5 Å². The molecule has 9 nitrogen and oxygen atoms in total. The Morgan fingerprint density at radius 3 is 2.53 bits per heavy atom. The zero-order chi connectivity index (χ0) is 22.5. The largest absolute Gasteiger partial charge is 0.508 e. The van der Waals surface area contributed by atoms with Gasteiger partial charge in [0.05, 0.1) is 19.9 Å². The van der Waals surface area contributed by atoms with Gasteiger partial charge in [-0.25, -0.2) is 4.98 Å². The molecular weight excluding hydrogens is 430 g/mol. The number of thiazole rings is 1. The summed E-state index contributed by atoms with van der Waals surface area (Å²) in [7, 11) is 2.90. The van der Waals surface area contributed by atoms with Crippen LogP contribution in [0, 0.1) is 0 Å². The van der Waals surface area contributed by atoms with E-state index in [9.17, 15) is 9.90 Å². The van der Waals surface area contributed by atoms with Crippen molar-refractivity contribution in [3.63, 3.8) is 0 Å². The van der Waals surface area contributed by atoms with Gasteiger partial charge in [0.1, 0.15) is 11.6 Å². The van der Waals surface area contributed by atoms with Crippen LogP contribution < -0.4 is 20.1 Å². The molecule has 1 amide bonds. The van der Waals surface area contributed by atoms with Gasteiger partial charge in [-0.15, -0.1) is 11.3 Å². The number of phenols is 1. The second-order valence-electron chi connectivity index (χ2n) is 6.53. The summed E-state index contributed by atoms with van der Waals surface area (Å²) in [5, 5.41) is 18.2. The first-order valence-electron chi connectivity index (χ1n) is 9.44. The predicted molar refractivity (Wildman–Crippen MR) is 122 cm³/mol. The van der Waals surface area contributed by atoms with E-state index < -0.39 is 0 Å². The minimum absolute atomic E-state index is 0.0905. The molecule has 0 aliphatic heterocycles. The number of carbonyl (C=O) groups excluding carboxylic acids is 1. The molecule has 0 saturated heterocycles. The number of hydrogen-bond acceptors (Lipinski definition) is 9. The second kappa shape index (κ2) is 9.31. The molecule has 10 heteroatoms. The lowest BCUT2D eigenvalue weighted by Gasteiger charge is -2.08. The first kappa shape index (κ1) is 21.1. The van der Waals surface area contributed by atoms with Crippen molar-refractivity contribution in [3.05, 3.63) is 65.5 Å². The Hall–Kier alpha value is -4.18. The van der Waals surface area contributed by atoms with Crippen molar-refractivity contribution in [2.45, 2.75) is 0 Å². The number of aromatic hydroxyl groups is 1. The topological polar surface area (TPSA) is 118 Å². The molecule has 0 unspecified atom stereocenters. The van der Waals surface area contributed by atoms with Gasteiger partial charge in [-0.1, -0.05) is 12.1 Å². The van der Waals surface area contributed by atoms with Gasteiger partial charge < -0.3 is 25.2 Å². The van der Waals surface area contributed by atoms with Gasteiger partial charge in [0.15, 0.2) is 5.13 Å². The van der Waals surface area contributed by atoms with Gasteiger partial charge in [0, 0.05) is 28.3 Å². The number of aromatic nitrogens is 3. The number of rotatable bonds is 7. The summed E-state index contributed by atoms with van der Waals surface area (Å²) >= 11 is 1.44. The van der Waals surface area contributed by atoms with E-state index in [4.69, 9.17) is 9.47 Å².